The summed E-state index contributed by atoms with van der Waals surface area (Å²) in [6.07, 6.45) is 0. The summed E-state index contributed by atoms with van der Waals surface area (Å²) in [5.74, 6) is -1.26. The maximum Gasteiger partial charge on any atom is 1.00 e. The van der Waals surface area contributed by atoms with E-state index in [0.717, 1.165) is 0 Å². The van der Waals surface area contributed by atoms with E-state index in [4.69, 9.17) is 0 Å². The van der Waals surface area contributed by atoms with Gasteiger partial charge in [0.05, 0.1) is 0 Å². The van der Waals surface area contributed by atoms with Gasteiger partial charge in [-0.2, -0.15) is 0 Å². The van der Waals surface area contributed by atoms with Crippen LogP contribution in [0.1, 0.15) is 13.8 Å². The van der Waals surface area contributed by atoms with Crippen LogP contribution < -0.4 is 40.2 Å². The van der Waals surface area contributed by atoms with Crippen LogP contribution >= 0.6 is 0 Å². The molecule has 2 N–H and O–H groups in total. The number of barbiturate groups is 1. The third-order valence-corrected chi connectivity index (χ3v) is 2.22. The van der Waals surface area contributed by atoms with Crippen molar-refractivity contribution in [3.05, 3.63) is 12.2 Å². The molecule has 1 rings (SSSR count). The number of rotatable bonds is 1. The fraction of sp³-hybridized carbons (Fsp3) is 0.375. The Morgan fingerprint density at radius 1 is 1.21 bits per heavy atom. The molecule has 6 heteroatoms. The monoisotopic (exact) mass is 205 g/mol. The second-order valence-electron chi connectivity index (χ2n) is 3.14. The minimum Gasteiger partial charge on any atom is -0.277 e. The summed E-state index contributed by atoms with van der Waals surface area (Å²) in [7, 11) is 0. The molecule has 0 unspecified atom stereocenters. The molecule has 14 heavy (non-hydrogen) atoms. The fourth-order valence-corrected chi connectivity index (χ4v) is 0.978. The van der Waals surface area contributed by atoms with Crippen molar-refractivity contribution in [2.24, 2.45) is 5.41 Å². The van der Waals surface area contributed by atoms with E-state index in [1.807, 2.05) is 10.6 Å². The van der Waals surface area contributed by atoms with E-state index < -0.39 is 23.3 Å². The van der Waals surface area contributed by atoms with Crippen molar-refractivity contribution in [1.82, 2.24) is 10.6 Å². The second kappa shape index (κ2) is 4.25. The molecule has 1 fully saturated rings. The zero-order valence-corrected chi connectivity index (χ0v) is 10.4. The molecule has 1 saturated heterocycles. The third-order valence-electron chi connectivity index (χ3n) is 2.22. The Bertz CT molecular complexity index is 305. The molecule has 1 aliphatic heterocycles. The minimum absolute atomic E-state index is 0. The Labute approximate surface area is 104 Å². The molecule has 70 valence electrons. The van der Waals surface area contributed by atoms with Gasteiger partial charge in [-0.1, -0.05) is 12.2 Å². The summed E-state index contributed by atoms with van der Waals surface area (Å²) in [6.45, 7) is 6.53. The number of imide groups is 2. The Hall–Kier alpha value is -0.650. The van der Waals surface area contributed by atoms with Crippen molar-refractivity contribution in [2.75, 3.05) is 0 Å². The molecule has 0 radical (unpaired) electrons. The molecular weight excluding hydrogens is 195 g/mol. The standard InChI is InChI=1S/C8H10N2O3.Na/c1-4(2)8(3)5(11)9-7(13)10-6(8)12;/h1H2,2-3H3,(H2,9,10,11,12,13);/q;+1. The summed E-state index contributed by atoms with van der Waals surface area (Å²) in [5.41, 5.74) is -0.941. The van der Waals surface area contributed by atoms with Gasteiger partial charge in [0, 0.05) is 0 Å². The van der Waals surface area contributed by atoms with Crippen LogP contribution in [-0.2, 0) is 9.59 Å². The maximum atomic E-state index is 11.3. The summed E-state index contributed by atoms with van der Waals surface area (Å²) in [6, 6.07) is -0.784. The van der Waals surface area contributed by atoms with Crippen molar-refractivity contribution in [2.45, 2.75) is 13.8 Å². The average molecular weight is 205 g/mol. The van der Waals surface area contributed by atoms with Crippen molar-refractivity contribution < 1.29 is 43.9 Å². The number of carbonyl (C=O) groups excluding carboxylic acids is 3. The minimum atomic E-state index is -1.34. The predicted octanol–water partition coefficient (Wildman–Crippen LogP) is -3.06. The van der Waals surface area contributed by atoms with Gasteiger partial charge in [0.1, 0.15) is 5.41 Å². The molecule has 1 heterocycles. The average Bonchev–Trinajstić information content (AvgIpc) is 1.99. The van der Waals surface area contributed by atoms with Gasteiger partial charge < -0.3 is 0 Å². The number of carbonyl (C=O) groups is 3. The molecule has 0 atom stereocenters. The first-order chi connectivity index (χ1) is 5.89. The predicted molar refractivity (Wildman–Crippen MR) is 44.6 cm³/mol. The Kier molecular flexibility index (Phi) is 4.05. The molecule has 0 aromatic carbocycles. The molecule has 5 nitrogen and oxygen atoms in total. The topological polar surface area (TPSA) is 75.3 Å². The zero-order chi connectivity index (χ0) is 10.2. The molecule has 0 aromatic heterocycles. The number of hydrogen-bond donors (Lipinski definition) is 2. The number of hydrogen-bond acceptors (Lipinski definition) is 3. The van der Waals surface area contributed by atoms with Gasteiger partial charge in [-0.05, 0) is 13.8 Å². The van der Waals surface area contributed by atoms with Gasteiger partial charge in [0.25, 0.3) is 0 Å². The summed E-state index contributed by atoms with van der Waals surface area (Å²) < 4.78 is 0. The van der Waals surface area contributed by atoms with E-state index in [-0.39, 0.29) is 29.6 Å². The van der Waals surface area contributed by atoms with Gasteiger partial charge >= 0.3 is 35.6 Å². The van der Waals surface area contributed by atoms with E-state index in [1.165, 1.54) is 6.92 Å². The van der Waals surface area contributed by atoms with Crippen LogP contribution in [0.5, 0.6) is 0 Å². The molecule has 0 bridgehead atoms. The van der Waals surface area contributed by atoms with Crippen molar-refractivity contribution in [3.8, 4) is 0 Å². The molecule has 1 aliphatic rings. The molecule has 0 saturated carbocycles. The third kappa shape index (κ3) is 1.89. The van der Waals surface area contributed by atoms with Gasteiger partial charge in [-0.15, -0.1) is 0 Å². The van der Waals surface area contributed by atoms with Crippen molar-refractivity contribution in [1.29, 1.82) is 0 Å². The van der Waals surface area contributed by atoms with Crippen LogP contribution in [0, 0.1) is 5.41 Å². The SMILES string of the molecule is C=C(C)C1(C)C(=O)NC(=O)NC1=O.[Na+]. The molecular formula is C8H10N2NaO3+. The van der Waals surface area contributed by atoms with E-state index >= 15 is 0 Å². The van der Waals surface area contributed by atoms with Gasteiger partial charge in [0.15, 0.2) is 0 Å². The zero-order valence-electron chi connectivity index (χ0n) is 8.43. The fourth-order valence-electron chi connectivity index (χ4n) is 0.978. The largest absolute Gasteiger partial charge is 1.00 e. The molecule has 4 amide bonds. The van der Waals surface area contributed by atoms with Crippen molar-refractivity contribution >= 4 is 17.8 Å². The van der Waals surface area contributed by atoms with E-state index in [2.05, 4.69) is 6.58 Å². The van der Waals surface area contributed by atoms with Crippen LogP contribution in [0.2, 0.25) is 0 Å². The Morgan fingerprint density at radius 2 is 1.57 bits per heavy atom. The molecule has 0 aliphatic carbocycles. The van der Waals surface area contributed by atoms with Crippen molar-refractivity contribution in [3.63, 3.8) is 0 Å². The van der Waals surface area contributed by atoms with E-state index in [1.54, 1.807) is 6.92 Å². The quantitative estimate of drug-likeness (QED) is 0.271. The number of amides is 4. The molecule has 0 spiro atoms. The van der Waals surface area contributed by atoms with Gasteiger partial charge in [-0.25, -0.2) is 4.79 Å². The number of nitrogens with one attached hydrogen (secondary N) is 2. The first-order valence-electron chi connectivity index (χ1n) is 3.72. The normalized spacial score (nSPS) is 19.1. The van der Waals surface area contributed by atoms with Gasteiger partial charge in [0.2, 0.25) is 11.8 Å². The maximum absolute atomic E-state index is 11.3. The summed E-state index contributed by atoms with van der Waals surface area (Å²) in [4.78, 5) is 33.4. The second-order valence-corrected chi connectivity index (χ2v) is 3.14. The van der Waals surface area contributed by atoms with Crippen LogP contribution in [-0.4, -0.2) is 17.8 Å². The van der Waals surface area contributed by atoms with E-state index in [9.17, 15) is 14.4 Å². The summed E-state index contributed by atoms with van der Waals surface area (Å²) >= 11 is 0. The Balaban J connectivity index is 0.00000169. The first kappa shape index (κ1) is 13.4. The van der Waals surface area contributed by atoms with Crippen LogP contribution in [0.15, 0.2) is 12.2 Å². The smallest absolute Gasteiger partial charge is 0.277 e. The molecule has 0 aromatic rings. The van der Waals surface area contributed by atoms with Crippen LogP contribution in [0.25, 0.3) is 0 Å². The van der Waals surface area contributed by atoms with Crippen LogP contribution in [0.4, 0.5) is 4.79 Å². The Morgan fingerprint density at radius 3 is 1.86 bits per heavy atom. The van der Waals surface area contributed by atoms with Gasteiger partial charge in [-0.3, -0.25) is 20.2 Å². The number of urea groups is 1. The summed E-state index contributed by atoms with van der Waals surface area (Å²) in [5, 5.41) is 4.02. The van der Waals surface area contributed by atoms with E-state index in [0.29, 0.717) is 5.57 Å². The van der Waals surface area contributed by atoms with Crippen LogP contribution in [0.3, 0.4) is 0 Å². The first-order valence-corrected chi connectivity index (χ1v) is 3.72.